The van der Waals surface area contributed by atoms with Crippen LogP contribution >= 0.6 is 11.3 Å². The minimum Gasteiger partial charge on any atom is -0.444 e. The molecule has 3 aromatic rings. The Morgan fingerprint density at radius 2 is 1.95 bits per heavy atom. The van der Waals surface area contributed by atoms with Crippen molar-refractivity contribution in [2.75, 3.05) is 25.0 Å². The van der Waals surface area contributed by atoms with E-state index in [2.05, 4.69) is 10.3 Å². The van der Waals surface area contributed by atoms with E-state index in [4.69, 9.17) is 9.84 Å². The zero-order valence-corrected chi connectivity index (χ0v) is 21.8. The number of aliphatic hydroxyl groups excluding tert-OH is 1. The van der Waals surface area contributed by atoms with Crippen molar-refractivity contribution in [3.63, 3.8) is 0 Å². The number of thiophene rings is 1. The second kappa shape index (κ2) is 9.05. The van der Waals surface area contributed by atoms with Crippen molar-refractivity contribution in [3.8, 4) is 0 Å². The summed E-state index contributed by atoms with van der Waals surface area (Å²) in [6, 6.07) is 10.1. The summed E-state index contributed by atoms with van der Waals surface area (Å²) in [5, 5.41) is 11.8. The third kappa shape index (κ3) is 4.94. The summed E-state index contributed by atoms with van der Waals surface area (Å²) in [5.74, 6) is -3.57. The Bertz CT molecular complexity index is 1340. The molecule has 1 saturated carbocycles. The Morgan fingerprint density at radius 1 is 1.22 bits per heavy atom. The van der Waals surface area contributed by atoms with Gasteiger partial charge in [-0.3, -0.25) is 10.1 Å². The standard InChI is InChI=1S/C26H30F2N4O4S/c1-24(2,3)36-23(35)31-11-10-25(14-31)12-16(13-25)32-18-7-5-4-6-17(18)29-22(32)30-21(34)19-8-9-20(37-19)26(27,28)15-33/h4-9,16,33H,10-15H2,1-3H3,(H,29,30,34). The van der Waals surface area contributed by atoms with Gasteiger partial charge < -0.3 is 19.3 Å². The third-order valence-electron chi connectivity index (χ3n) is 7.00. The monoisotopic (exact) mass is 532 g/mol. The summed E-state index contributed by atoms with van der Waals surface area (Å²) in [5.41, 5.74) is 1.04. The molecule has 1 spiro atoms. The number of anilines is 1. The van der Waals surface area contributed by atoms with Crippen LogP contribution < -0.4 is 5.32 Å². The van der Waals surface area contributed by atoms with Crippen LogP contribution in [0.3, 0.4) is 0 Å². The number of ether oxygens (including phenoxy) is 1. The molecule has 2 N–H and O–H groups in total. The maximum Gasteiger partial charge on any atom is 0.410 e. The molecule has 0 unspecified atom stereocenters. The van der Waals surface area contributed by atoms with Gasteiger partial charge in [-0.1, -0.05) is 12.1 Å². The fraction of sp³-hybridized carbons (Fsp3) is 0.500. The van der Waals surface area contributed by atoms with Crippen molar-refractivity contribution in [2.45, 2.75) is 57.6 Å². The molecule has 2 aliphatic rings. The lowest BCUT2D eigenvalue weighted by molar-refractivity contribution is -0.0524. The molecule has 0 bridgehead atoms. The van der Waals surface area contributed by atoms with Gasteiger partial charge >= 0.3 is 12.0 Å². The Kier molecular flexibility index (Phi) is 6.26. The molecule has 198 valence electrons. The van der Waals surface area contributed by atoms with Gasteiger partial charge in [-0.25, -0.2) is 9.78 Å². The average molecular weight is 533 g/mol. The number of aliphatic hydroxyl groups is 1. The third-order valence-corrected chi connectivity index (χ3v) is 8.20. The number of alkyl halides is 2. The molecule has 1 aromatic carbocycles. The van der Waals surface area contributed by atoms with E-state index in [9.17, 15) is 18.4 Å². The largest absolute Gasteiger partial charge is 0.444 e. The normalized spacial score (nSPS) is 21.9. The second-order valence-corrected chi connectivity index (χ2v) is 12.1. The van der Waals surface area contributed by atoms with Crippen LogP contribution in [-0.2, 0) is 10.7 Å². The number of benzene rings is 1. The number of hydrogen-bond donors (Lipinski definition) is 2. The number of rotatable bonds is 5. The van der Waals surface area contributed by atoms with E-state index < -0.39 is 24.0 Å². The van der Waals surface area contributed by atoms with E-state index in [1.165, 1.54) is 6.07 Å². The van der Waals surface area contributed by atoms with Crippen LogP contribution in [0.5, 0.6) is 0 Å². The van der Waals surface area contributed by atoms with Crippen molar-refractivity contribution in [3.05, 3.63) is 46.2 Å². The van der Waals surface area contributed by atoms with Gasteiger partial charge in [-0.2, -0.15) is 8.78 Å². The SMILES string of the molecule is CC(C)(C)OC(=O)N1CCC2(CC(n3c(NC(=O)c4ccc(C(F)(F)CO)s4)nc4ccccc43)C2)C1. The zero-order chi connectivity index (χ0) is 26.6. The van der Waals surface area contributed by atoms with Gasteiger partial charge in [0.15, 0.2) is 0 Å². The van der Waals surface area contributed by atoms with E-state index in [1.807, 2.05) is 49.6 Å². The van der Waals surface area contributed by atoms with E-state index in [1.54, 1.807) is 4.90 Å². The summed E-state index contributed by atoms with van der Waals surface area (Å²) in [6.07, 6.45) is 2.23. The highest BCUT2D eigenvalue weighted by Gasteiger charge is 2.51. The maximum absolute atomic E-state index is 13.8. The number of halogens is 2. The Morgan fingerprint density at radius 3 is 2.65 bits per heavy atom. The zero-order valence-electron chi connectivity index (χ0n) is 21.0. The van der Waals surface area contributed by atoms with Gasteiger partial charge in [-0.15, -0.1) is 11.3 Å². The predicted molar refractivity (Wildman–Crippen MR) is 136 cm³/mol. The maximum atomic E-state index is 13.8. The first kappa shape index (κ1) is 25.6. The Balaban J connectivity index is 1.33. The van der Waals surface area contributed by atoms with Crippen molar-refractivity contribution < 1.29 is 28.2 Å². The number of fused-ring (bicyclic) bond motifs is 1. The lowest BCUT2D eigenvalue weighted by Gasteiger charge is -2.46. The van der Waals surface area contributed by atoms with Crippen LogP contribution in [0.1, 0.15) is 60.6 Å². The van der Waals surface area contributed by atoms with Crippen LogP contribution in [0, 0.1) is 5.41 Å². The summed E-state index contributed by atoms with van der Waals surface area (Å²) in [7, 11) is 0. The fourth-order valence-corrected chi connectivity index (χ4v) is 6.14. The number of nitrogens with zero attached hydrogens (tertiary/aromatic N) is 3. The first-order chi connectivity index (χ1) is 17.4. The number of carbonyl (C=O) groups is 2. The second-order valence-electron chi connectivity index (χ2n) is 11.0. The highest BCUT2D eigenvalue weighted by Crippen LogP contribution is 2.55. The number of likely N-dealkylation sites (tertiary alicyclic amines) is 1. The highest BCUT2D eigenvalue weighted by atomic mass is 32.1. The summed E-state index contributed by atoms with van der Waals surface area (Å²) < 4.78 is 35.2. The molecule has 1 aliphatic carbocycles. The quantitative estimate of drug-likeness (QED) is 0.459. The van der Waals surface area contributed by atoms with Crippen LogP contribution in [0.25, 0.3) is 11.0 Å². The molecule has 2 fully saturated rings. The summed E-state index contributed by atoms with van der Waals surface area (Å²) in [4.78, 5) is 31.6. The molecule has 11 heteroatoms. The van der Waals surface area contributed by atoms with Gasteiger partial charge in [0.25, 0.3) is 5.91 Å². The molecule has 1 aliphatic heterocycles. The van der Waals surface area contributed by atoms with Gasteiger partial charge in [0.05, 0.1) is 20.8 Å². The van der Waals surface area contributed by atoms with Crippen molar-refractivity contribution in [1.29, 1.82) is 0 Å². The van der Waals surface area contributed by atoms with Crippen molar-refractivity contribution in [2.24, 2.45) is 5.41 Å². The van der Waals surface area contributed by atoms with E-state index in [0.717, 1.165) is 36.4 Å². The van der Waals surface area contributed by atoms with Crippen LogP contribution in [-0.4, -0.2) is 56.9 Å². The van der Waals surface area contributed by atoms with E-state index >= 15 is 0 Å². The molecular weight excluding hydrogens is 502 g/mol. The number of amides is 2. The fourth-order valence-electron chi connectivity index (χ4n) is 5.27. The Labute approximate surface area is 217 Å². The number of hydrogen-bond acceptors (Lipinski definition) is 6. The lowest BCUT2D eigenvalue weighted by Crippen LogP contribution is -2.43. The summed E-state index contributed by atoms with van der Waals surface area (Å²) >= 11 is 0.646. The highest BCUT2D eigenvalue weighted by molar-refractivity contribution is 7.14. The molecular formula is C26H30F2N4O4S. The van der Waals surface area contributed by atoms with Gasteiger partial charge in [0.1, 0.15) is 12.2 Å². The van der Waals surface area contributed by atoms with Gasteiger partial charge in [0.2, 0.25) is 5.95 Å². The molecule has 5 rings (SSSR count). The first-order valence-electron chi connectivity index (χ1n) is 12.2. The summed E-state index contributed by atoms with van der Waals surface area (Å²) in [6.45, 7) is 5.51. The average Bonchev–Trinajstić information content (AvgIpc) is 3.53. The molecule has 2 aromatic heterocycles. The molecule has 0 atom stereocenters. The topological polar surface area (TPSA) is 96.7 Å². The van der Waals surface area contributed by atoms with Crippen LogP contribution in [0.2, 0.25) is 0 Å². The van der Waals surface area contributed by atoms with Crippen molar-refractivity contribution in [1.82, 2.24) is 14.5 Å². The van der Waals surface area contributed by atoms with Gasteiger partial charge in [-0.05, 0) is 69.7 Å². The van der Waals surface area contributed by atoms with E-state index in [0.29, 0.717) is 30.4 Å². The molecule has 8 nitrogen and oxygen atoms in total. The van der Waals surface area contributed by atoms with E-state index in [-0.39, 0.29) is 27.3 Å². The number of aromatic nitrogens is 2. The number of imidazole rings is 1. The molecule has 3 heterocycles. The van der Waals surface area contributed by atoms with Crippen molar-refractivity contribution >= 4 is 40.3 Å². The minimum atomic E-state index is -3.40. The molecule has 1 saturated heterocycles. The smallest absolute Gasteiger partial charge is 0.410 e. The molecule has 2 amide bonds. The Hall–Kier alpha value is -3.05. The number of carbonyl (C=O) groups excluding carboxylic acids is 2. The predicted octanol–water partition coefficient (Wildman–Crippen LogP) is 5.40. The lowest BCUT2D eigenvalue weighted by atomic mass is 9.65. The molecule has 0 radical (unpaired) electrons. The van der Waals surface area contributed by atoms with Crippen LogP contribution in [0.4, 0.5) is 19.5 Å². The van der Waals surface area contributed by atoms with Gasteiger partial charge in [0, 0.05) is 19.1 Å². The number of nitrogens with one attached hydrogen (secondary N) is 1. The molecule has 37 heavy (non-hydrogen) atoms. The number of para-hydroxylation sites is 2. The minimum absolute atomic E-state index is 0.00719. The van der Waals surface area contributed by atoms with Crippen LogP contribution in [0.15, 0.2) is 36.4 Å². The first-order valence-corrected chi connectivity index (χ1v) is 13.1.